The van der Waals surface area contributed by atoms with Gasteiger partial charge in [-0.05, 0) is 30.8 Å². The molecule has 104 valence electrons. The number of rotatable bonds is 5. The van der Waals surface area contributed by atoms with Crippen LogP contribution in [0, 0.1) is 0 Å². The normalized spacial score (nSPS) is 10.1. The van der Waals surface area contributed by atoms with Crippen molar-refractivity contribution < 1.29 is 9.53 Å². The van der Waals surface area contributed by atoms with Gasteiger partial charge >= 0.3 is 0 Å². The first-order valence-corrected chi connectivity index (χ1v) is 6.42. The molecule has 4 heteroatoms. The number of amides is 1. The molecule has 0 heterocycles. The molecule has 2 aromatic rings. The average Bonchev–Trinajstić information content (AvgIpc) is 2.48. The lowest BCUT2D eigenvalue weighted by Crippen LogP contribution is -2.25. The Bertz CT molecular complexity index is 579. The van der Waals surface area contributed by atoms with Crippen LogP contribution < -0.4 is 15.4 Å². The highest BCUT2D eigenvalue weighted by molar-refractivity contribution is 5.96. The van der Waals surface area contributed by atoms with E-state index in [1.54, 1.807) is 14.2 Å². The van der Waals surface area contributed by atoms with Crippen molar-refractivity contribution in [2.75, 3.05) is 26.0 Å². The van der Waals surface area contributed by atoms with Crippen LogP contribution in [0.25, 0.3) is 11.1 Å². The zero-order chi connectivity index (χ0) is 14.4. The Kier molecular flexibility index (Phi) is 4.74. The second-order valence-electron chi connectivity index (χ2n) is 4.35. The number of hydrogen-bond acceptors (Lipinski definition) is 3. The third kappa shape index (κ3) is 3.36. The lowest BCUT2D eigenvalue weighted by atomic mass is 10.0. The molecule has 0 aliphatic heterocycles. The van der Waals surface area contributed by atoms with Crippen molar-refractivity contribution in [1.29, 1.82) is 0 Å². The predicted octanol–water partition coefficient (Wildman–Crippen LogP) is 2.52. The van der Waals surface area contributed by atoms with Gasteiger partial charge in [0.25, 0.3) is 0 Å². The van der Waals surface area contributed by atoms with Gasteiger partial charge in [0.05, 0.1) is 13.7 Å². The molecule has 0 saturated carbocycles. The van der Waals surface area contributed by atoms with Crippen molar-refractivity contribution in [1.82, 2.24) is 5.32 Å². The summed E-state index contributed by atoms with van der Waals surface area (Å²) in [5, 5.41) is 5.74. The quantitative estimate of drug-likeness (QED) is 0.877. The van der Waals surface area contributed by atoms with Crippen molar-refractivity contribution >= 4 is 11.6 Å². The first-order chi connectivity index (χ1) is 9.74. The van der Waals surface area contributed by atoms with Crippen LogP contribution in [0.2, 0.25) is 0 Å². The number of carbonyl (C=O) groups excluding carboxylic acids is 1. The van der Waals surface area contributed by atoms with E-state index in [2.05, 4.69) is 10.6 Å². The molecule has 0 saturated heterocycles. The minimum Gasteiger partial charge on any atom is -0.497 e. The SMILES string of the molecule is CNCC(=O)Nc1ccccc1-c1ccc(OC)cc1. The molecular weight excluding hydrogens is 252 g/mol. The third-order valence-corrected chi connectivity index (χ3v) is 2.94. The molecule has 20 heavy (non-hydrogen) atoms. The number of anilines is 1. The van der Waals surface area contributed by atoms with E-state index in [0.29, 0.717) is 0 Å². The summed E-state index contributed by atoms with van der Waals surface area (Å²) >= 11 is 0. The highest BCUT2D eigenvalue weighted by Crippen LogP contribution is 2.29. The van der Waals surface area contributed by atoms with Gasteiger partial charge in [-0.2, -0.15) is 0 Å². The van der Waals surface area contributed by atoms with Gasteiger partial charge in [-0.3, -0.25) is 4.79 Å². The predicted molar refractivity (Wildman–Crippen MR) is 81.0 cm³/mol. The van der Waals surface area contributed by atoms with E-state index in [-0.39, 0.29) is 12.5 Å². The van der Waals surface area contributed by atoms with Crippen LogP contribution in [-0.4, -0.2) is 26.6 Å². The molecule has 1 amide bonds. The molecule has 0 aliphatic carbocycles. The van der Waals surface area contributed by atoms with Gasteiger partial charge in [0.1, 0.15) is 5.75 Å². The Morgan fingerprint density at radius 3 is 2.45 bits per heavy atom. The van der Waals surface area contributed by atoms with E-state index < -0.39 is 0 Å². The van der Waals surface area contributed by atoms with Gasteiger partial charge in [0.2, 0.25) is 5.91 Å². The molecule has 0 bridgehead atoms. The Morgan fingerprint density at radius 1 is 1.10 bits per heavy atom. The Hall–Kier alpha value is -2.33. The summed E-state index contributed by atoms with van der Waals surface area (Å²) in [6.07, 6.45) is 0. The van der Waals surface area contributed by atoms with Gasteiger partial charge < -0.3 is 15.4 Å². The molecule has 2 N–H and O–H groups in total. The summed E-state index contributed by atoms with van der Waals surface area (Å²) in [6, 6.07) is 15.5. The summed E-state index contributed by atoms with van der Waals surface area (Å²) in [4.78, 5) is 11.7. The largest absolute Gasteiger partial charge is 0.497 e. The maximum atomic E-state index is 11.7. The Balaban J connectivity index is 2.28. The lowest BCUT2D eigenvalue weighted by molar-refractivity contribution is -0.115. The fourth-order valence-electron chi connectivity index (χ4n) is 1.97. The van der Waals surface area contributed by atoms with Crippen molar-refractivity contribution in [3.05, 3.63) is 48.5 Å². The van der Waals surface area contributed by atoms with Crippen molar-refractivity contribution in [2.45, 2.75) is 0 Å². The maximum Gasteiger partial charge on any atom is 0.238 e. The Morgan fingerprint density at radius 2 is 1.80 bits per heavy atom. The Labute approximate surface area is 118 Å². The zero-order valence-electron chi connectivity index (χ0n) is 11.6. The zero-order valence-corrected chi connectivity index (χ0v) is 11.6. The highest BCUT2D eigenvalue weighted by atomic mass is 16.5. The van der Waals surface area contributed by atoms with Crippen LogP contribution in [0.15, 0.2) is 48.5 Å². The van der Waals surface area contributed by atoms with Crippen LogP contribution in [0.3, 0.4) is 0 Å². The second-order valence-corrected chi connectivity index (χ2v) is 4.35. The molecule has 2 aromatic carbocycles. The molecule has 2 rings (SSSR count). The van der Waals surface area contributed by atoms with Crippen LogP contribution >= 0.6 is 0 Å². The molecule has 0 atom stereocenters. The number of methoxy groups -OCH3 is 1. The number of hydrogen-bond donors (Lipinski definition) is 2. The number of nitrogens with one attached hydrogen (secondary N) is 2. The molecule has 0 aliphatic rings. The van der Waals surface area contributed by atoms with Crippen LogP contribution in [-0.2, 0) is 4.79 Å². The topological polar surface area (TPSA) is 50.4 Å². The van der Waals surface area contributed by atoms with E-state index >= 15 is 0 Å². The second kappa shape index (κ2) is 6.73. The van der Waals surface area contributed by atoms with Gasteiger partial charge in [-0.15, -0.1) is 0 Å². The summed E-state index contributed by atoms with van der Waals surface area (Å²) < 4.78 is 5.15. The van der Waals surface area contributed by atoms with E-state index in [4.69, 9.17) is 4.74 Å². The highest BCUT2D eigenvalue weighted by Gasteiger charge is 2.07. The molecule has 0 radical (unpaired) electrons. The van der Waals surface area contributed by atoms with E-state index in [1.165, 1.54) is 0 Å². The molecule has 0 spiro atoms. The van der Waals surface area contributed by atoms with Crippen molar-refractivity contribution in [3.63, 3.8) is 0 Å². The van der Waals surface area contributed by atoms with Crippen LogP contribution in [0.4, 0.5) is 5.69 Å². The minimum atomic E-state index is -0.0616. The minimum absolute atomic E-state index is 0.0616. The molecule has 0 fully saturated rings. The van der Waals surface area contributed by atoms with E-state index in [0.717, 1.165) is 22.6 Å². The molecule has 4 nitrogen and oxygen atoms in total. The summed E-state index contributed by atoms with van der Waals surface area (Å²) in [5.74, 6) is 0.749. The number of ether oxygens (including phenoxy) is 1. The monoisotopic (exact) mass is 270 g/mol. The first-order valence-electron chi connectivity index (χ1n) is 6.42. The summed E-state index contributed by atoms with van der Waals surface area (Å²) in [7, 11) is 3.38. The van der Waals surface area contributed by atoms with Crippen LogP contribution in [0.5, 0.6) is 5.75 Å². The third-order valence-electron chi connectivity index (χ3n) is 2.94. The summed E-state index contributed by atoms with van der Waals surface area (Å²) in [6.45, 7) is 0.289. The van der Waals surface area contributed by atoms with Gasteiger partial charge in [0.15, 0.2) is 0 Å². The molecule has 0 aromatic heterocycles. The number of likely N-dealkylation sites (N-methyl/N-ethyl adjacent to an activating group) is 1. The van der Waals surface area contributed by atoms with Crippen LogP contribution in [0.1, 0.15) is 0 Å². The smallest absolute Gasteiger partial charge is 0.238 e. The molecular formula is C16H18N2O2. The number of para-hydroxylation sites is 1. The maximum absolute atomic E-state index is 11.7. The van der Waals surface area contributed by atoms with Gasteiger partial charge in [-0.1, -0.05) is 30.3 Å². The standard InChI is InChI=1S/C16H18N2O2/c1-17-11-16(19)18-15-6-4-3-5-14(15)12-7-9-13(20-2)10-8-12/h3-10,17H,11H2,1-2H3,(H,18,19). The lowest BCUT2D eigenvalue weighted by Gasteiger charge is -2.11. The number of carbonyl (C=O) groups is 1. The van der Waals surface area contributed by atoms with Gasteiger partial charge in [0, 0.05) is 11.3 Å². The molecule has 0 unspecified atom stereocenters. The van der Waals surface area contributed by atoms with E-state index in [9.17, 15) is 4.79 Å². The summed E-state index contributed by atoms with van der Waals surface area (Å²) in [5.41, 5.74) is 2.82. The van der Waals surface area contributed by atoms with Crippen molar-refractivity contribution in [3.8, 4) is 16.9 Å². The fourth-order valence-corrected chi connectivity index (χ4v) is 1.97. The van der Waals surface area contributed by atoms with Crippen molar-refractivity contribution in [2.24, 2.45) is 0 Å². The van der Waals surface area contributed by atoms with Gasteiger partial charge in [-0.25, -0.2) is 0 Å². The fraction of sp³-hybridized carbons (Fsp3) is 0.188. The number of benzene rings is 2. The van der Waals surface area contributed by atoms with E-state index in [1.807, 2.05) is 48.5 Å². The first kappa shape index (κ1) is 14.1. The average molecular weight is 270 g/mol.